The first-order chi connectivity index (χ1) is 6.85. The largest absolute Gasteiger partial charge is 0.316 e. The molecule has 0 aliphatic heterocycles. The van der Waals surface area contributed by atoms with Crippen molar-refractivity contribution in [1.82, 2.24) is 19.9 Å². The summed E-state index contributed by atoms with van der Waals surface area (Å²) in [6.07, 6.45) is 2.99. The lowest BCUT2D eigenvalue weighted by atomic mass is 10.3. The van der Waals surface area contributed by atoms with Crippen molar-refractivity contribution >= 4 is 5.65 Å². The van der Waals surface area contributed by atoms with E-state index in [1.54, 1.807) is 0 Å². The van der Waals surface area contributed by atoms with Crippen LogP contribution in [0, 0.1) is 0 Å². The Morgan fingerprint density at radius 3 is 2.93 bits per heavy atom. The number of aryl methyl sites for hydroxylation is 1. The highest BCUT2D eigenvalue weighted by Gasteiger charge is 2.02. The van der Waals surface area contributed by atoms with Gasteiger partial charge in [-0.2, -0.15) is 0 Å². The average Bonchev–Trinajstić information content (AvgIpc) is 2.60. The van der Waals surface area contributed by atoms with Crippen LogP contribution < -0.4 is 5.32 Å². The molecule has 2 heterocycles. The maximum atomic E-state index is 4.11. The molecule has 0 aliphatic rings. The fourth-order valence-corrected chi connectivity index (χ4v) is 1.53. The molecule has 0 aliphatic carbocycles. The number of rotatable bonds is 3. The quantitative estimate of drug-likeness (QED) is 0.785. The number of fused-ring (bicyclic) bond motifs is 1. The third-order valence-electron chi connectivity index (χ3n) is 2.23. The third kappa shape index (κ3) is 1.48. The van der Waals surface area contributed by atoms with E-state index in [-0.39, 0.29) is 0 Å². The number of nitrogens with zero attached hydrogens (tertiary/aromatic N) is 3. The molecule has 0 spiro atoms. The summed E-state index contributed by atoms with van der Waals surface area (Å²) in [5.74, 6) is 1.01. The molecule has 1 N–H and O–H groups in total. The number of aromatic nitrogens is 3. The SMILES string of the molecule is CCc1nnc2ccc(CNC)cn12. The maximum Gasteiger partial charge on any atom is 0.160 e. The zero-order valence-corrected chi connectivity index (χ0v) is 8.49. The predicted molar refractivity (Wildman–Crippen MR) is 55.1 cm³/mol. The van der Waals surface area contributed by atoms with Gasteiger partial charge in [-0.25, -0.2) is 0 Å². The van der Waals surface area contributed by atoms with Gasteiger partial charge in [0.2, 0.25) is 0 Å². The van der Waals surface area contributed by atoms with Gasteiger partial charge in [0.05, 0.1) is 0 Å². The Hall–Kier alpha value is -1.42. The second-order valence-corrected chi connectivity index (χ2v) is 3.27. The van der Waals surface area contributed by atoms with Gasteiger partial charge < -0.3 is 5.32 Å². The molecule has 0 aromatic carbocycles. The van der Waals surface area contributed by atoms with Crippen LogP contribution in [0.4, 0.5) is 0 Å². The zero-order chi connectivity index (χ0) is 9.97. The van der Waals surface area contributed by atoms with Crippen LogP contribution in [-0.2, 0) is 13.0 Å². The predicted octanol–water partition coefficient (Wildman–Crippen LogP) is 1.01. The summed E-state index contributed by atoms with van der Waals surface area (Å²) in [5, 5.41) is 11.3. The van der Waals surface area contributed by atoms with Crippen molar-refractivity contribution in [3.8, 4) is 0 Å². The van der Waals surface area contributed by atoms with E-state index in [1.165, 1.54) is 5.56 Å². The Labute approximate surface area is 83.0 Å². The van der Waals surface area contributed by atoms with Gasteiger partial charge in [0.15, 0.2) is 5.65 Å². The van der Waals surface area contributed by atoms with Crippen LogP contribution in [0.3, 0.4) is 0 Å². The minimum Gasteiger partial charge on any atom is -0.316 e. The Morgan fingerprint density at radius 1 is 1.36 bits per heavy atom. The molecule has 0 amide bonds. The van der Waals surface area contributed by atoms with E-state index < -0.39 is 0 Å². The monoisotopic (exact) mass is 190 g/mol. The lowest BCUT2D eigenvalue weighted by Crippen LogP contribution is -2.06. The van der Waals surface area contributed by atoms with E-state index >= 15 is 0 Å². The van der Waals surface area contributed by atoms with Crippen LogP contribution >= 0.6 is 0 Å². The van der Waals surface area contributed by atoms with E-state index in [9.17, 15) is 0 Å². The summed E-state index contributed by atoms with van der Waals surface area (Å²) in [6, 6.07) is 4.07. The topological polar surface area (TPSA) is 42.2 Å². The van der Waals surface area contributed by atoms with Gasteiger partial charge >= 0.3 is 0 Å². The fourth-order valence-electron chi connectivity index (χ4n) is 1.53. The normalized spacial score (nSPS) is 11.0. The highest BCUT2D eigenvalue weighted by Crippen LogP contribution is 2.07. The Balaban J connectivity index is 2.50. The fraction of sp³-hybridized carbons (Fsp3) is 0.400. The zero-order valence-electron chi connectivity index (χ0n) is 8.49. The Kier molecular flexibility index (Phi) is 2.45. The van der Waals surface area contributed by atoms with Gasteiger partial charge in [-0.15, -0.1) is 10.2 Å². The van der Waals surface area contributed by atoms with Crippen molar-refractivity contribution in [3.05, 3.63) is 29.7 Å². The van der Waals surface area contributed by atoms with E-state index in [0.29, 0.717) is 0 Å². The van der Waals surface area contributed by atoms with Crippen LogP contribution in [0.1, 0.15) is 18.3 Å². The molecule has 0 unspecified atom stereocenters. The van der Waals surface area contributed by atoms with E-state index in [4.69, 9.17) is 0 Å². The van der Waals surface area contributed by atoms with Crippen molar-refractivity contribution in [2.24, 2.45) is 0 Å². The van der Waals surface area contributed by atoms with Gasteiger partial charge in [-0.3, -0.25) is 4.40 Å². The minimum absolute atomic E-state index is 0.872. The third-order valence-corrected chi connectivity index (χ3v) is 2.23. The van der Waals surface area contributed by atoms with Gasteiger partial charge in [0.1, 0.15) is 5.82 Å². The summed E-state index contributed by atoms with van der Waals surface area (Å²) in [4.78, 5) is 0. The lowest BCUT2D eigenvalue weighted by Gasteiger charge is -2.01. The highest BCUT2D eigenvalue weighted by molar-refractivity contribution is 5.39. The Bertz CT molecular complexity index is 433. The molecule has 2 rings (SSSR count). The molecule has 0 saturated carbocycles. The van der Waals surface area contributed by atoms with Gasteiger partial charge in [0, 0.05) is 19.2 Å². The number of pyridine rings is 1. The van der Waals surface area contributed by atoms with Gasteiger partial charge in [-0.1, -0.05) is 13.0 Å². The molecular weight excluding hydrogens is 176 g/mol. The molecule has 74 valence electrons. The van der Waals surface area contributed by atoms with Crippen molar-refractivity contribution in [3.63, 3.8) is 0 Å². The number of hydrogen-bond donors (Lipinski definition) is 1. The van der Waals surface area contributed by atoms with E-state index in [1.807, 2.05) is 17.5 Å². The molecule has 4 nitrogen and oxygen atoms in total. The van der Waals surface area contributed by atoms with Crippen molar-refractivity contribution in [2.75, 3.05) is 7.05 Å². The number of hydrogen-bond acceptors (Lipinski definition) is 3. The van der Waals surface area contributed by atoms with Crippen molar-refractivity contribution in [2.45, 2.75) is 19.9 Å². The highest BCUT2D eigenvalue weighted by atomic mass is 15.2. The number of nitrogens with one attached hydrogen (secondary N) is 1. The summed E-state index contributed by atoms with van der Waals surface area (Å²) >= 11 is 0. The molecule has 2 aromatic heterocycles. The molecule has 0 atom stereocenters. The minimum atomic E-state index is 0.872. The standard InChI is InChI=1S/C10H14N4/c1-3-9-12-13-10-5-4-8(6-11-2)7-14(9)10/h4-5,7,11H,3,6H2,1-2H3. The first-order valence-electron chi connectivity index (χ1n) is 4.82. The lowest BCUT2D eigenvalue weighted by molar-refractivity contribution is 0.806. The van der Waals surface area contributed by atoms with E-state index in [2.05, 4.69) is 34.7 Å². The van der Waals surface area contributed by atoms with E-state index in [0.717, 1.165) is 24.4 Å². The average molecular weight is 190 g/mol. The summed E-state index contributed by atoms with van der Waals surface area (Å²) < 4.78 is 2.05. The molecule has 2 aromatic rings. The van der Waals surface area contributed by atoms with Crippen LogP contribution in [-0.4, -0.2) is 21.6 Å². The molecule has 4 heteroatoms. The first-order valence-corrected chi connectivity index (χ1v) is 4.82. The van der Waals surface area contributed by atoms with Crippen LogP contribution in [0.2, 0.25) is 0 Å². The maximum absolute atomic E-state index is 4.11. The van der Waals surface area contributed by atoms with Crippen LogP contribution in [0.5, 0.6) is 0 Å². The van der Waals surface area contributed by atoms with Crippen LogP contribution in [0.15, 0.2) is 18.3 Å². The van der Waals surface area contributed by atoms with Gasteiger partial charge in [0.25, 0.3) is 0 Å². The van der Waals surface area contributed by atoms with Gasteiger partial charge in [-0.05, 0) is 18.7 Å². The van der Waals surface area contributed by atoms with Crippen molar-refractivity contribution in [1.29, 1.82) is 0 Å². The Morgan fingerprint density at radius 2 is 2.21 bits per heavy atom. The molecule has 0 bridgehead atoms. The summed E-state index contributed by atoms with van der Waals surface area (Å²) in [7, 11) is 1.94. The molecule has 0 radical (unpaired) electrons. The van der Waals surface area contributed by atoms with Crippen molar-refractivity contribution < 1.29 is 0 Å². The summed E-state index contributed by atoms with van der Waals surface area (Å²) in [6.45, 7) is 2.96. The molecular formula is C10H14N4. The smallest absolute Gasteiger partial charge is 0.160 e. The molecule has 14 heavy (non-hydrogen) atoms. The summed E-state index contributed by atoms with van der Waals surface area (Å²) in [5.41, 5.74) is 2.16. The first kappa shape index (κ1) is 9.15. The second-order valence-electron chi connectivity index (χ2n) is 3.27. The van der Waals surface area contributed by atoms with Crippen LogP contribution in [0.25, 0.3) is 5.65 Å². The molecule has 0 fully saturated rings. The molecule has 0 saturated heterocycles. The second kappa shape index (κ2) is 3.75.